The first-order chi connectivity index (χ1) is 12.2. The summed E-state index contributed by atoms with van der Waals surface area (Å²) in [4.78, 5) is 20.7. The Morgan fingerprint density at radius 1 is 1.35 bits per heavy atom. The molecular formula is C16H18F3N5O2. The second kappa shape index (κ2) is 6.58. The van der Waals surface area contributed by atoms with Gasteiger partial charge in [-0.15, -0.1) is 0 Å². The molecule has 0 bridgehead atoms. The Hall–Kier alpha value is -2.65. The van der Waals surface area contributed by atoms with Gasteiger partial charge in [0, 0.05) is 31.4 Å². The van der Waals surface area contributed by atoms with E-state index in [1.165, 1.54) is 11.1 Å². The van der Waals surface area contributed by atoms with Gasteiger partial charge in [-0.2, -0.15) is 18.3 Å². The van der Waals surface area contributed by atoms with E-state index >= 15 is 0 Å². The zero-order chi connectivity index (χ0) is 19.1. The molecule has 0 aliphatic carbocycles. The van der Waals surface area contributed by atoms with Crippen molar-refractivity contribution in [3.05, 3.63) is 23.7 Å². The molecule has 7 nitrogen and oxygen atoms in total. The molecule has 140 valence electrons. The number of nitrogens with zero attached hydrogens (tertiary/aromatic N) is 5. The van der Waals surface area contributed by atoms with Crippen LogP contribution in [0.2, 0.25) is 0 Å². The molecule has 3 heterocycles. The number of hydrogen-bond donors (Lipinski definition) is 1. The van der Waals surface area contributed by atoms with Crippen molar-refractivity contribution in [2.75, 3.05) is 18.0 Å². The van der Waals surface area contributed by atoms with Gasteiger partial charge in [-0.3, -0.25) is 9.48 Å². The number of halogens is 3. The Kier molecular flexibility index (Phi) is 4.59. The summed E-state index contributed by atoms with van der Waals surface area (Å²) in [6.07, 6.45) is -2.14. The highest BCUT2D eigenvalue weighted by molar-refractivity contribution is 5.71. The number of alkyl halides is 3. The number of aryl methyl sites for hydroxylation is 1. The van der Waals surface area contributed by atoms with E-state index in [2.05, 4.69) is 15.1 Å². The van der Waals surface area contributed by atoms with Crippen LogP contribution in [0.25, 0.3) is 11.3 Å². The molecule has 0 saturated carbocycles. The third kappa shape index (κ3) is 3.49. The summed E-state index contributed by atoms with van der Waals surface area (Å²) in [5.74, 6) is -1.72. The number of hydrogen-bond acceptors (Lipinski definition) is 5. The quantitative estimate of drug-likeness (QED) is 0.895. The van der Waals surface area contributed by atoms with Gasteiger partial charge >= 0.3 is 12.1 Å². The van der Waals surface area contributed by atoms with Crippen LogP contribution >= 0.6 is 0 Å². The maximum absolute atomic E-state index is 13.3. The zero-order valence-corrected chi connectivity index (χ0v) is 14.3. The average molecular weight is 369 g/mol. The van der Waals surface area contributed by atoms with Crippen molar-refractivity contribution in [1.29, 1.82) is 0 Å². The Morgan fingerprint density at radius 3 is 2.65 bits per heavy atom. The van der Waals surface area contributed by atoms with Crippen LogP contribution in [0.3, 0.4) is 0 Å². The van der Waals surface area contributed by atoms with Crippen LogP contribution in [0.15, 0.2) is 12.3 Å². The third-order valence-electron chi connectivity index (χ3n) is 4.57. The van der Waals surface area contributed by atoms with Crippen LogP contribution in [0.4, 0.5) is 19.1 Å². The van der Waals surface area contributed by atoms with Gasteiger partial charge in [0.05, 0.1) is 17.8 Å². The Balaban J connectivity index is 2.06. The van der Waals surface area contributed by atoms with E-state index in [9.17, 15) is 23.1 Å². The molecule has 10 heteroatoms. The fourth-order valence-corrected chi connectivity index (χ4v) is 2.97. The molecular weight excluding hydrogens is 351 g/mol. The fourth-order valence-electron chi connectivity index (χ4n) is 2.97. The summed E-state index contributed by atoms with van der Waals surface area (Å²) in [5, 5.41) is 13.2. The molecule has 2 aromatic heterocycles. The summed E-state index contributed by atoms with van der Waals surface area (Å²) >= 11 is 0. The first-order valence-electron chi connectivity index (χ1n) is 8.10. The lowest BCUT2D eigenvalue weighted by atomic mass is 9.99. The number of carboxylic acids is 1. The molecule has 0 unspecified atom stereocenters. The van der Waals surface area contributed by atoms with E-state index in [1.54, 1.807) is 18.7 Å². The van der Waals surface area contributed by atoms with E-state index in [-0.39, 0.29) is 18.2 Å². The van der Waals surface area contributed by atoms with Crippen molar-refractivity contribution < 1.29 is 23.1 Å². The minimum Gasteiger partial charge on any atom is -0.481 e. The van der Waals surface area contributed by atoms with Gasteiger partial charge in [-0.05, 0) is 25.8 Å². The third-order valence-corrected chi connectivity index (χ3v) is 4.57. The molecule has 1 aliphatic heterocycles. The molecule has 2 aromatic rings. The molecule has 26 heavy (non-hydrogen) atoms. The standard InChI is InChI=1S/C16H18F3N5O2/c1-9-11(7-20-23(9)2)12-6-13(16(17,18)19)22-15(21-12)24-5-3-4-10(8-24)14(25)26/h6-7,10H,3-5,8H2,1-2H3,(H,25,26)/t10-/m1/s1. The fraction of sp³-hybridized carbons (Fsp3) is 0.500. The van der Waals surface area contributed by atoms with E-state index in [0.29, 0.717) is 30.6 Å². The minimum absolute atomic E-state index is 0.0854. The summed E-state index contributed by atoms with van der Waals surface area (Å²) in [6, 6.07) is 0.895. The Bertz CT molecular complexity index is 834. The number of carboxylic acid groups (broad SMARTS) is 1. The maximum atomic E-state index is 13.3. The maximum Gasteiger partial charge on any atom is 0.433 e. The van der Waals surface area contributed by atoms with Crippen LogP contribution in [-0.4, -0.2) is 43.9 Å². The molecule has 1 fully saturated rings. The van der Waals surface area contributed by atoms with Crippen LogP contribution in [0.5, 0.6) is 0 Å². The van der Waals surface area contributed by atoms with Crippen molar-refractivity contribution in [2.24, 2.45) is 13.0 Å². The summed E-state index contributed by atoms with van der Waals surface area (Å²) < 4.78 is 41.5. The van der Waals surface area contributed by atoms with Crippen molar-refractivity contribution in [2.45, 2.75) is 25.9 Å². The van der Waals surface area contributed by atoms with Gasteiger partial charge in [0.2, 0.25) is 5.95 Å². The topological polar surface area (TPSA) is 84.1 Å². The summed E-state index contributed by atoms with van der Waals surface area (Å²) in [5.41, 5.74) is 0.210. The van der Waals surface area contributed by atoms with Gasteiger partial charge in [0.1, 0.15) is 0 Å². The molecule has 1 saturated heterocycles. The number of aliphatic carboxylic acids is 1. The lowest BCUT2D eigenvalue weighted by Crippen LogP contribution is -2.40. The predicted octanol–water partition coefficient (Wildman–Crippen LogP) is 2.51. The highest BCUT2D eigenvalue weighted by Crippen LogP contribution is 2.33. The molecule has 1 atom stereocenters. The van der Waals surface area contributed by atoms with Crippen molar-refractivity contribution in [1.82, 2.24) is 19.7 Å². The van der Waals surface area contributed by atoms with E-state index in [4.69, 9.17) is 0 Å². The van der Waals surface area contributed by atoms with Crippen LogP contribution in [0, 0.1) is 12.8 Å². The largest absolute Gasteiger partial charge is 0.481 e. The number of aromatic nitrogens is 4. The van der Waals surface area contributed by atoms with Gasteiger partial charge in [0.15, 0.2) is 5.69 Å². The molecule has 1 aliphatic rings. The van der Waals surface area contributed by atoms with Crippen LogP contribution in [0.1, 0.15) is 24.2 Å². The molecule has 0 radical (unpaired) electrons. The first-order valence-corrected chi connectivity index (χ1v) is 8.10. The lowest BCUT2D eigenvalue weighted by molar-refractivity contribution is -0.142. The first kappa shape index (κ1) is 18.2. The second-order valence-corrected chi connectivity index (χ2v) is 6.33. The normalized spacial score (nSPS) is 18.2. The van der Waals surface area contributed by atoms with Gasteiger partial charge in [-0.25, -0.2) is 9.97 Å². The predicted molar refractivity (Wildman–Crippen MR) is 86.5 cm³/mol. The molecule has 0 spiro atoms. The monoisotopic (exact) mass is 369 g/mol. The smallest absolute Gasteiger partial charge is 0.433 e. The number of piperidine rings is 1. The summed E-state index contributed by atoms with van der Waals surface area (Å²) in [7, 11) is 1.69. The van der Waals surface area contributed by atoms with Crippen molar-refractivity contribution in [3.8, 4) is 11.3 Å². The Labute approximate surface area is 147 Å². The second-order valence-electron chi connectivity index (χ2n) is 6.33. The summed E-state index contributed by atoms with van der Waals surface area (Å²) in [6.45, 7) is 2.23. The Morgan fingerprint density at radius 2 is 2.08 bits per heavy atom. The lowest BCUT2D eigenvalue weighted by Gasteiger charge is -2.31. The number of rotatable bonds is 3. The van der Waals surface area contributed by atoms with Gasteiger partial charge in [-0.1, -0.05) is 0 Å². The SMILES string of the molecule is Cc1c(-c2cc(C(F)(F)F)nc(N3CCC[C@@H](C(=O)O)C3)n2)cnn1C. The zero-order valence-electron chi connectivity index (χ0n) is 14.3. The molecule has 0 aromatic carbocycles. The average Bonchev–Trinajstić information content (AvgIpc) is 2.93. The van der Waals surface area contributed by atoms with E-state index < -0.39 is 23.8 Å². The molecule has 0 amide bonds. The van der Waals surface area contributed by atoms with Crippen LogP contribution in [-0.2, 0) is 18.0 Å². The highest BCUT2D eigenvalue weighted by atomic mass is 19.4. The number of anilines is 1. The van der Waals surface area contributed by atoms with Crippen molar-refractivity contribution >= 4 is 11.9 Å². The highest BCUT2D eigenvalue weighted by Gasteiger charge is 2.35. The molecule has 3 rings (SSSR count). The molecule has 1 N–H and O–H groups in total. The van der Waals surface area contributed by atoms with Gasteiger partial charge in [0.25, 0.3) is 0 Å². The van der Waals surface area contributed by atoms with E-state index in [1.807, 2.05) is 0 Å². The number of carbonyl (C=O) groups is 1. The van der Waals surface area contributed by atoms with E-state index in [0.717, 1.165) is 6.07 Å². The van der Waals surface area contributed by atoms with Gasteiger partial charge < -0.3 is 10.0 Å². The van der Waals surface area contributed by atoms with Crippen LogP contribution < -0.4 is 4.90 Å². The minimum atomic E-state index is -4.63. The van der Waals surface area contributed by atoms with Crippen molar-refractivity contribution in [3.63, 3.8) is 0 Å².